The molecular weight excluding hydrogens is 374 g/mol. The highest BCUT2D eigenvalue weighted by atomic mass is 16.4. The maximum Gasteiger partial charge on any atom is 0.326 e. The molecule has 1 aromatic rings. The summed E-state index contributed by atoms with van der Waals surface area (Å²) >= 11 is 0. The molecule has 1 aromatic heterocycles. The number of hydrogen-bond donors (Lipinski definition) is 7. The van der Waals surface area contributed by atoms with E-state index < -0.39 is 60.7 Å². The van der Waals surface area contributed by atoms with E-state index in [0.29, 0.717) is 5.69 Å². The van der Waals surface area contributed by atoms with Crippen LogP contribution in [0.2, 0.25) is 0 Å². The summed E-state index contributed by atoms with van der Waals surface area (Å²) in [6.45, 7) is 1.00. The fourth-order valence-corrected chi connectivity index (χ4v) is 2.07. The second-order valence-corrected chi connectivity index (χ2v) is 5.98. The number of carboxylic acids is 1. The SMILES string of the molecule is CC(N)C(=O)NCC(=O)NC(Cc1cnc[nH]1)C(=O)NC(CC(N)=O)C(=O)O. The molecule has 0 bridgehead atoms. The zero-order chi connectivity index (χ0) is 21.3. The molecule has 154 valence electrons. The van der Waals surface area contributed by atoms with Gasteiger partial charge in [-0.05, 0) is 6.92 Å². The molecule has 0 fully saturated rings. The number of aromatic amines is 1. The molecule has 0 aliphatic rings. The van der Waals surface area contributed by atoms with Crippen molar-refractivity contribution in [3.8, 4) is 0 Å². The van der Waals surface area contributed by atoms with Crippen molar-refractivity contribution < 1.29 is 29.1 Å². The van der Waals surface area contributed by atoms with E-state index in [0.717, 1.165) is 0 Å². The lowest BCUT2D eigenvalue weighted by Crippen LogP contribution is -2.55. The number of imidazole rings is 1. The molecule has 1 rings (SSSR count). The molecule has 13 heteroatoms. The van der Waals surface area contributed by atoms with E-state index in [2.05, 4.69) is 25.9 Å². The fourth-order valence-electron chi connectivity index (χ4n) is 2.07. The summed E-state index contributed by atoms with van der Waals surface area (Å²) in [5.74, 6) is -4.48. The number of nitrogens with zero attached hydrogens (tertiary/aromatic N) is 1. The number of nitrogens with two attached hydrogens (primary N) is 2. The van der Waals surface area contributed by atoms with Gasteiger partial charge < -0.3 is 37.5 Å². The van der Waals surface area contributed by atoms with E-state index in [9.17, 15) is 24.0 Å². The Hall–Kier alpha value is -3.48. The maximum absolute atomic E-state index is 12.5. The molecule has 3 atom stereocenters. The number of nitrogens with one attached hydrogen (secondary N) is 4. The van der Waals surface area contributed by atoms with Crippen molar-refractivity contribution >= 4 is 29.6 Å². The number of aromatic nitrogens is 2. The van der Waals surface area contributed by atoms with Gasteiger partial charge in [0.1, 0.15) is 12.1 Å². The Labute approximate surface area is 159 Å². The zero-order valence-corrected chi connectivity index (χ0v) is 15.1. The average Bonchev–Trinajstić information content (AvgIpc) is 3.10. The van der Waals surface area contributed by atoms with E-state index in [1.54, 1.807) is 0 Å². The summed E-state index contributed by atoms with van der Waals surface area (Å²) in [6.07, 6.45) is 2.13. The minimum Gasteiger partial charge on any atom is -0.480 e. The summed E-state index contributed by atoms with van der Waals surface area (Å²) in [6, 6.07) is -3.57. The van der Waals surface area contributed by atoms with Crippen LogP contribution in [-0.4, -0.2) is 69.3 Å². The van der Waals surface area contributed by atoms with E-state index in [-0.39, 0.29) is 6.42 Å². The van der Waals surface area contributed by atoms with Crippen molar-refractivity contribution in [3.05, 3.63) is 18.2 Å². The number of carboxylic acid groups (broad SMARTS) is 1. The van der Waals surface area contributed by atoms with Crippen molar-refractivity contribution in [3.63, 3.8) is 0 Å². The summed E-state index contributed by atoms with van der Waals surface area (Å²) in [7, 11) is 0. The summed E-state index contributed by atoms with van der Waals surface area (Å²) in [4.78, 5) is 64.7. The predicted molar refractivity (Wildman–Crippen MR) is 94.3 cm³/mol. The van der Waals surface area contributed by atoms with E-state index in [4.69, 9.17) is 16.6 Å². The molecule has 0 saturated carbocycles. The van der Waals surface area contributed by atoms with Gasteiger partial charge in [0.15, 0.2) is 0 Å². The maximum atomic E-state index is 12.5. The van der Waals surface area contributed by atoms with E-state index in [1.807, 2.05) is 0 Å². The second kappa shape index (κ2) is 10.6. The van der Waals surface area contributed by atoms with Gasteiger partial charge in [0.05, 0.1) is 25.3 Å². The van der Waals surface area contributed by atoms with E-state index in [1.165, 1.54) is 19.4 Å². The number of H-pyrrole nitrogens is 1. The van der Waals surface area contributed by atoms with Crippen LogP contribution in [0.4, 0.5) is 0 Å². The Kier molecular flexibility index (Phi) is 8.55. The standard InChI is InChI=1S/C15H23N7O6/c1-7(16)13(25)19-5-12(24)21-9(2-8-4-18-6-20-8)14(26)22-10(15(27)28)3-11(17)23/h4,6-7,9-10H,2-3,5,16H2,1H3,(H2,17,23)(H,18,20)(H,19,25)(H,21,24)(H,22,26)(H,27,28). The molecule has 28 heavy (non-hydrogen) atoms. The molecule has 4 amide bonds. The van der Waals surface area contributed by atoms with Crippen LogP contribution in [0.25, 0.3) is 0 Å². The minimum atomic E-state index is -1.55. The van der Waals surface area contributed by atoms with Crippen LogP contribution in [0.1, 0.15) is 19.0 Å². The highest BCUT2D eigenvalue weighted by Crippen LogP contribution is 2.01. The van der Waals surface area contributed by atoms with Gasteiger partial charge in [-0.15, -0.1) is 0 Å². The third-order valence-electron chi connectivity index (χ3n) is 3.49. The first-order chi connectivity index (χ1) is 13.1. The first kappa shape index (κ1) is 22.6. The first-order valence-electron chi connectivity index (χ1n) is 8.21. The van der Waals surface area contributed by atoms with Crippen molar-refractivity contribution in [1.82, 2.24) is 25.9 Å². The van der Waals surface area contributed by atoms with Crippen molar-refractivity contribution in [2.45, 2.75) is 37.9 Å². The van der Waals surface area contributed by atoms with Gasteiger partial charge in [-0.2, -0.15) is 0 Å². The van der Waals surface area contributed by atoms with Gasteiger partial charge in [0, 0.05) is 18.3 Å². The lowest BCUT2D eigenvalue weighted by atomic mass is 10.1. The van der Waals surface area contributed by atoms with Crippen LogP contribution >= 0.6 is 0 Å². The highest BCUT2D eigenvalue weighted by Gasteiger charge is 2.28. The quantitative estimate of drug-likeness (QED) is 0.197. The number of rotatable bonds is 11. The van der Waals surface area contributed by atoms with Crippen LogP contribution in [-0.2, 0) is 30.4 Å². The van der Waals surface area contributed by atoms with Crippen LogP contribution in [0.5, 0.6) is 0 Å². The van der Waals surface area contributed by atoms with Crippen molar-refractivity contribution in [2.24, 2.45) is 11.5 Å². The lowest BCUT2D eigenvalue weighted by molar-refractivity contribution is -0.143. The monoisotopic (exact) mass is 397 g/mol. The number of carbonyl (C=O) groups is 5. The Morgan fingerprint density at radius 1 is 1.18 bits per heavy atom. The third-order valence-corrected chi connectivity index (χ3v) is 3.49. The molecule has 0 aromatic carbocycles. The normalized spacial score (nSPS) is 13.6. The van der Waals surface area contributed by atoms with Crippen LogP contribution in [0, 0.1) is 0 Å². The highest BCUT2D eigenvalue weighted by molar-refractivity contribution is 5.93. The molecule has 13 nitrogen and oxygen atoms in total. The van der Waals surface area contributed by atoms with Crippen LogP contribution in [0.3, 0.4) is 0 Å². The Bertz CT molecular complexity index is 718. The van der Waals surface area contributed by atoms with Gasteiger partial charge in [-0.3, -0.25) is 19.2 Å². The smallest absolute Gasteiger partial charge is 0.326 e. The molecule has 0 radical (unpaired) electrons. The van der Waals surface area contributed by atoms with Gasteiger partial charge in [-0.1, -0.05) is 0 Å². The molecule has 9 N–H and O–H groups in total. The minimum absolute atomic E-state index is 0.0400. The van der Waals surface area contributed by atoms with Crippen LogP contribution < -0.4 is 27.4 Å². The molecule has 0 aliphatic carbocycles. The average molecular weight is 397 g/mol. The second-order valence-electron chi connectivity index (χ2n) is 5.98. The van der Waals surface area contributed by atoms with E-state index >= 15 is 0 Å². The summed E-state index contributed by atoms with van der Waals surface area (Å²) < 4.78 is 0. The Morgan fingerprint density at radius 2 is 1.86 bits per heavy atom. The zero-order valence-electron chi connectivity index (χ0n) is 15.1. The predicted octanol–water partition coefficient (Wildman–Crippen LogP) is -3.65. The van der Waals surface area contributed by atoms with Crippen molar-refractivity contribution in [1.29, 1.82) is 0 Å². The van der Waals surface area contributed by atoms with Gasteiger partial charge in [-0.25, -0.2) is 9.78 Å². The first-order valence-corrected chi connectivity index (χ1v) is 8.21. The van der Waals surface area contributed by atoms with Gasteiger partial charge >= 0.3 is 5.97 Å². The van der Waals surface area contributed by atoms with Crippen molar-refractivity contribution in [2.75, 3.05) is 6.54 Å². The fraction of sp³-hybridized carbons (Fsp3) is 0.467. The molecule has 0 saturated heterocycles. The summed E-state index contributed by atoms with van der Waals surface area (Å²) in [5, 5.41) is 15.9. The van der Waals surface area contributed by atoms with Gasteiger partial charge in [0.2, 0.25) is 23.6 Å². The number of hydrogen-bond acceptors (Lipinski definition) is 7. The van der Waals surface area contributed by atoms with Crippen LogP contribution in [0.15, 0.2) is 12.5 Å². The van der Waals surface area contributed by atoms with Gasteiger partial charge in [0.25, 0.3) is 0 Å². The molecule has 0 aliphatic heterocycles. The molecular formula is C15H23N7O6. The largest absolute Gasteiger partial charge is 0.480 e. The Morgan fingerprint density at radius 3 is 2.36 bits per heavy atom. The third kappa shape index (κ3) is 7.82. The molecule has 3 unspecified atom stereocenters. The summed E-state index contributed by atoms with van der Waals surface area (Å²) in [5.41, 5.74) is 10.8. The molecule has 0 spiro atoms. The topological polar surface area (TPSA) is 222 Å². The Balaban J connectivity index is 2.81. The number of aliphatic carboxylic acids is 1. The number of carbonyl (C=O) groups excluding carboxylic acids is 4. The lowest BCUT2D eigenvalue weighted by Gasteiger charge is -2.21. The number of primary amides is 1. The number of amides is 4. The molecule has 1 heterocycles.